The molecule has 4 aromatic rings. The van der Waals surface area contributed by atoms with E-state index >= 15 is 0 Å². The zero-order valence-electron chi connectivity index (χ0n) is 16.9. The smallest absolute Gasteiger partial charge is 0.314 e. The molecule has 2 heterocycles. The molecule has 2 aromatic carbocycles. The number of nitrogens with one attached hydrogen (secondary N) is 3. The van der Waals surface area contributed by atoms with E-state index in [0.29, 0.717) is 29.2 Å². The fourth-order valence-corrected chi connectivity index (χ4v) is 4.14. The number of nitrogens with zero attached hydrogens (tertiary/aromatic N) is 2. The normalized spacial score (nSPS) is 11.2. The largest absolute Gasteiger partial charge is 0.383 e. The van der Waals surface area contributed by atoms with Crippen molar-refractivity contribution >= 4 is 40.3 Å². The number of rotatable bonds is 7. The van der Waals surface area contributed by atoms with Crippen LogP contribution in [0.2, 0.25) is 5.02 Å². The highest BCUT2D eigenvalue weighted by Gasteiger charge is 2.09. The molecule has 10 heteroatoms. The summed E-state index contributed by atoms with van der Waals surface area (Å²) in [6, 6.07) is 9.39. The molecule has 4 rings (SSSR count). The first kappa shape index (κ1) is 21.2. The maximum absolute atomic E-state index is 11.6. The minimum absolute atomic E-state index is 0.568. The van der Waals surface area contributed by atoms with Gasteiger partial charge in [-0.1, -0.05) is 17.7 Å². The summed E-state index contributed by atoms with van der Waals surface area (Å²) in [4.78, 5) is 29.2. The van der Waals surface area contributed by atoms with Crippen LogP contribution in [-0.4, -0.2) is 33.5 Å². The van der Waals surface area contributed by atoms with Gasteiger partial charge >= 0.3 is 11.1 Å². The van der Waals surface area contributed by atoms with Gasteiger partial charge in [-0.15, -0.1) is 0 Å². The van der Waals surface area contributed by atoms with Crippen LogP contribution in [0.3, 0.4) is 0 Å². The van der Waals surface area contributed by atoms with Gasteiger partial charge in [-0.05, 0) is 48.7 Å². The second-order valence-corrected chi connectivity index (χ2v) is 8.21. The predicted octanol–water partition coefficient (Wildman–Crippen LogP) is 3.81. The van der Waals surface area contributed by atoms with Gasteiger partial charge in [-0.25, -0.2) is 0 Å². The van der Waals surface area contributed by atoms with Gasteiger partial charge in [0.2, 0.25) is 0 Å². The quantitative estimate of drug-likeness (QED) is 0.288. The van der Waals surface area contributed by atoms with Crippen molar-refractivity contribution in [2.24, 2.45) is 0 Å². The third kappa shape index (κ3) is 4.68. The van der Waals surface area contributed by atoms with Crippen LogP contribution in [0.25, 0.3) is 22.2 Å². The SMILES string of the molecule is COCCn1cc(-c2ccc(NSc3cc4[nH]c(=O)c(=O)[nH]c4cc3C)cc2Cl)cn1. The van der Waals surface area contributed by atoms with Gasteiger partial charge < -0.3 is 19.4 Å². The molecule has 0 atom stereocenters. The van der Waals surface area contributed by atoms with E-state index in [4.69, 9.17) is 16.3 Å². The molecule has 0 aliphatic rings. The third-order valence-electron chi connectivity index (χ3n) is 4.73. The van der Waals surface area contributed by atoms with Crippen LogP contribution in [0.4, 0.5) is 5.69 Å². The summed E-state index contributed by atoms with van der Waals surface area (Å²) < 4.78 is 10.2. The first-order valence-corrected chi connectivity index (χ1v) is 10.6. The molecule has 0 radical (unpaired) electrons. The summed E-state index contributed by atoms with van der Waals surface area (Å²) in [7, 11) is 1.66. The Morgan fingerprint density at radius 1 is 1.16 bits per heavy atom. The molecule has 0 amide bonds. The van der Waals surface area contributed by atoms with Crippen molar-refractivity contribution in [3.05, 3.63) is 74.0 Å². The number of aromatic nitrogens is 4. The number of ether oxygens (including phenoxy) is 1. The van der Waals surface area contributed by atoms with Gasteiger partial charge in [-0.2, -0.15) is 5.10 Å². The van der Waals surface area contributed by atoms with Gasteiger partial charge in [-0.3, -0.25) is 14.3 Å². The molecule has 0 bridgehead atoms. The van der Waals surface area contributed by atoms with E-state index in [2.05, 4.69) is 19.8 Å². The van der Waals surface area contributed by atoms with Crippen molar-refractivity contribution in [1.82, 2.24) is 19.7 Å². The number of hydrogen-bond acceptors (Lipinski definition) is 6. The number of hydrogen-bond donors (Lipinski definition) is 3. The lowest BCUT2D eigenvalue weighted by molar-refractivity contribution is 0.183. The molecular weight excluding hydrogens is 438 g/mol. The standard InChI is InChI=1S/C21H20ClN5O3S/c1-12-7-17-18(25-21(29)20(28)24-17)9-19(12)31-26-14-3-4-15(16(22)8-14)13-10-23-27(11-13)5-6-30-2/h3-4,7-11,26H,5-6H2,1-2H3,(H,24,28)(H,25,29). The maximum atomic E-state index is 11.6. The Hall–Kier alpha value is -3.01. The summed E-state index contributed by atoms with van der Waals surface area (Å²) >= 11 is 7.91. The third-order valence-corrected chi connectivity index (χ3v) is 6.04. The van der Waals surface area contributed by atoms with E-state index in [1.165, 1.54) is 11.9 Å². The Bertz CT molecular complexity index is 1360. The Morgan fingerprint density at radius 2 is 1.90 bits per heavy atom. The molecule has 0 aliphatic heterocycles. The van der Waals surface area contributed by atoms with Crippen molar-refractivity contribution in [1.29, 1.82) is 0 Å². The average Bonchev–Trinajstić information content (AvgIpc) is 3.21. The monoisotopic (exact) mass is 457 g/mol. The fraction of sp³-hybridized carbons (Fsp3) is 0.190. The van der Waals surface area contributed by atoms with Gasteiger partial charge in [0.15, 0.2) is 0 Å². The molecule has 0 fully saturated rings. The average molecular weight is 458 g/mol. The number of H-pyrrole nitrogens is 2. The Morgan fingerprint density at radius 3 is 2.61 bits per heavy atom. The first-order chi connectivity index (χ1) is 14.9. The molecule has 0 aliphatic carbocycles. The number of aryl methyl sites for hydroxylation is 1. The van der Waals surface area contributed by atoms with E-state index in [1.807, 2.05) is 48.1 Å². The topological polar surface area (TPSA) is 105 Å². The Labute approximate surface area is 186 Å². The number of aromatic amines is 2. The van der Waals surface area contributed by atoms with Crippen LogP contribution in [0.5, 0.6) is 0 Å². The predicted molar refractivity (Wildman–Crippen MR) is 124 cm³/mol. The maximum Gasteiger partial charge on any atom is 0.314 e. The van der Waals surface area contributed by atoms with E-state index in [1.54, 1.807) is 13.3 Å². The van der Waals surface area contributed by atoms with Crippen molar-refractivity contribution in [2.45, 2.75) is 18.4 Å². The summed E-state index contributed by atoms with van der Waals surface area (Å²) in [5.41, 5.74) is 3.44. The van der Waals surface area contributed by atoms with E-state index in [0.717, 1.165) is 27.3 Å². The summed E-state index contributed by atoms with van der Waals surface area (Å²) in [6.07, 6.45) is 3.72. The minimum atomic E-state index is -0.673. The first-order valence-electron chi connectivity index (χ1n) is 9.46. The van der Waals surface area contributed by atoms with Crippen molar-refractivity contribution in [3.63, 3.8) is 0 Å². The number of methoxy groups -OCH3 is 1. The van der Waals surface area contributed by atoms with Crippen molar-refractivity contribution in [3.8, 4) is 11.1 Å². The number of benzene rings is 2. The number of fused-ring (bicyclic) bond motifs is 1. The summed E-state index contributed by atoms with van der Waals surface area (Å²) in [5, 5.41) is 4.93. The highest BCUT2D eigenvalue weighted by molar-refractivity contribution is 8.00. The molecule has 3 N–H and O–H groups in total. The van der Waals surface area contributed by atoms with E-state index in [9.17, 15) is 9.59 Å². The molecule has 0 saturated carbocycles. The molecule has 0 spiro atoms. The van der Waals surface area contributed by atoms with Crippen LogP contribution in [0.1, 0.15) is 5.56 Å². The molecule has 31 heavy (non-hydrogen) atoms. The lowest BCUT2D eigenvalue weighted by atomic mass is 10.1. The lowest BCUT2D eigenvalue weighted by Gasteiger charge is -2.11. The van der Waals surface area contributed by atoms with Gasteiger partial charge in [0.05, 0.1) is 35.4 Å². The summed E-state index contributed by atoms with van der Waals surface area (Å²) in [5.74, 6) is 0. The molecule has 0 unspecified atom stereocenters. The van der Waals surface area contributed by atoms with Crippen molar-refractivity contribution in [2.75, 3.05) is 18.4 Å². The van der Waals surface area contributed by atoms with Crippen LogP contribution < -0.4 is 15.8 Å². The lowest BCUT2D eigenvalue weighted by Crippen LogP contribution is -2.28. The molecule has 0 saturated heterocycles. The molecule has 8 nitrogen and oxygen atoms in total. The molecular formula is C21H20ClN5O3S. The molecule has 2 aromatic heterocycles. The van der Waals surface area contributed by atoms with Crippen LogP contribution in [0.15, 0.2) is 57.2 Å². The fourth-order valence-electron chi connectivity index (χ4n) is 3.10. The summed E-state index contributed by atoms with van der Waals surface area (Å²) in [6.45, 7) is 3.20. The zero-order chi connectivity index (χ0) is 22.0. The van der Waals surface area contributed by atoms with E-state index < -0.39 is 11.1 Å². The van der Waals surface area contributed by atoms with Gasteiger partial charge in [0.1, 0.15) is 0 Å². The minimum Gasteiger partial charge on any atom is -0.383 e. The Balaban J connectivity index is 1.51. The van der Waals surface area contributed by atoms with Crippen LogP contribution >= 0.6 is 23.5 Å². The Kier molecular flexibility index (Phi) is 6.17. The molecule has 160 valence electrons. The highest BCUT2D eigenvalue weighted by atomic mass is 35.5. The highest BCUT2D eigenvalue weighted by Crippen LogP contribution is 2.33. The van der Waals surface area contributed by atoms with Gasteiger partial charge in [0.25, 0.3) is 0 Å². The van der Waals surface area contributed by atoms with Gasteiger partial charge in [0, 0.05) is 35.0 Å². The number of halogens is 1. The second-order valence-electron chi connectivity index (χ2n) is 6.96. The number of anilines is 1. The second kappa shape index (κ2) is 9.01. The van der Waals surface area contributed by atoms with E-state index in [-0.39, 0.29) is 0 Å². The zero-order valence-corrected chi connectivity index (χ0v) is 18.4. The van der Waals surface area contributed by atoms with Crippen molar-refractivity contribution < 1.29 is 4.74 Å². The van der Waals surface area contributed by atoms with Crippen LogP contribution in [0, 0.1) is 6.92 Å². The van der Waals surface area contributed by atoms with Crippen LogP contribution in [-0.2, 0) is 11.3 Å².